The lowest BCUT2D eigenvalue weighted by Gasteiger charge is -1.82. The Morgan fingerprint density at radius 2 is 1.70 bits per heavy atom. The maximum absolute atomic E-state index is 8.63. The van der Waals surface area contributed by atoms with Crippen molar-refractivity contribution in [1.29, 1.82) is 5.41 Å². The molecule has 0 aliphatic rings. The predicted octanol–water partition coefficient (Wildman–Crippen LogP) is 0.944. The Labute approximate surface area is 59.6 Å². The molecule has 0 radical (unpaired) electrons. The van der Waals surface area contributed by atoms with Crippen LogP contribution in [0.2, 0.25) is 0 Å². The predicted molar refractivity (Wildman–Crippen MR) is 41.1 cm³/mol. The third kappa shape index (κ3) is 4.64. The van der Waals surface area contributed by atoms with E-state index in [1.807, 2.05) is 6.07 Å². The first kappa shape index (κ1) is 8.49. The van der Waals surface area contributed by atoms with Gasteiger partial charge >= 0.3 is 0 Å². The van der Waals surface area contributed by atoms with Crippen molar-refractivity contribution >= 4 is 6.34 Å². The summed E-state index contributed by atoms with van der Waals surface area (Å²) in [6.45, 7) is 0. The molecule has 0 fully saturated rings. The average Bonchev–Trinajstić information content (AvgIpc) is 1.91. The lowest BCUT2D eigenvalue weighted by Crippen LogP contribution is -1.81. The van der Waals surface area contributed by atoms with Crippen LogP contribution in [-0.4, -0.2) is 11.4 Å². The summed E-state index contributed by atoms with van der Waals surface area (Å²) in [7, 11) is 0. The van der Waals surface area contributed by atoms with E-state index in [0.29, 0.717) is 5.75 Å². The zero-order chi connectivity index (χ0) is 7.82. The van der Waals surface area contributed by atoms with E-state index in [-0.39, 0.29) is 0 Å². The lowest BCUT2D eigenvalue weighted by atomic mass is 10.3. The lowest BCUT2D eigenvalue weighted by molar-refractivity contribution is 0.475. The second kappa shape index (κ2) is 5.62. The smallest absolute Gasteiger partial charge is 0.115 e. The van der Waals surface area contributed by atoms with Crippen molar-refractivity contribution in [1.82, 2.24) is 0 Å². The topological polar surface area (TPSA) is 70.1 Å². The van der Waals surface area contributed by atoms with Crippen LogP contribution in [-0.2, 0) is 0 Å². The van der Waals surface area contributed by atoms with Crippen LogP contribution >= 0.6 is 0 Å². The van der Waals surface area contributed by atoms with E-state index < -0.39 is 0 Å². The molecule has 54 valence electrons. The minimum absolute atomic E-state index is 0.322. The van der Waals surface area contributed by atoms with Gasteiger partial charge in [-0.05, 0) is 12.1 Å². The Kier molecular flexibility index (Phi) is 4.77. The van der Waals surface area contributed by atoms with E-state index in [1.165, 1.54) is 0 Å². The maximum atomic E-state index is 8.63. The van der Waals surface area contributed by atoms with E-state index in [9.17, 15) is 0 Å². The highest BCUT2D eigenvalue weighted by Gasteiger charge is 1.74. The first-order chi connectivity index (χ1) is 4.81. The summed E-state index contributed by atoms with van der Waals surface area (Å²) in [5.74, 6) is 0.322. The molecule has 0 heterocycles. The number of nitrogens with two attached hydrogens (primary N) is 1. The third-order valence-electron chi connectivity index (χ3n) is 0.756. The Morgan fingerprint density at radius 3 is 1.90 bits per heavy atom. The SMILES string of the molecule is N=CN.Oc1ccccc1. The highest BCUT2D eigenvalue weighted by Crippen LogP contribution is 2.02. The molecule has 0 aliphatic heterocycles. The summed E-state index contributed by atoms with van der Waals surface area (Å²) >= 11 is 0. The fraction of sp³-hybridized carbons (Fsp3) is 0. The van der Waals surface area contributed by atoms with Gasteiger partial charge < -0.3 is 10.8 Å². The van der Waals surface area contributed by atoms with Gasteiger partial charge in [-0.15, -0.1) is 0 Å². The number of hydrogen-bond acceptors (Lipinski definition) is 2. The van der Waals surface area contributed by atoms with Crippen molar-refractivity contribution in [2.75, 3.05) is 0 Å². The molecule has 0 saturated carbocycles. The molecule has 1 aromatic carbocycles. The Morgan fingerprint density at radius 1 is 1.30 bits per heavy atom. The highest BCUT2D eigenvalue weighted by molar-refractivity contribution is 5.46. The van der Waals surface area contributed by atoms with Crippen LogP contribution in [0.15, 0.2) is 30.3 Å². The molecular weight excluding hydrogens is 128 g/mol. The Balaban J connectivity index is 0.000000236. The standard InChI is InChI=1S/C6H6O.CH4N2/c7-6-4-2-1-3-5-6;2-1-3/h1-5,7H;1H,(H3,2,3). The number of phenols is 1. The van der Waals surface area contributed by atoms with Gasteiger partial charge in [-0.2, -0.15) is 0 Å². The van der Waals surface area contributed by atoms with Crippen LogP contribution < -0.4 is 5.73 Å². The zero-order valence-electron chi connectivity index (χ0n) is 5.49. The summed E-state index contributed by atoms with van der Waals surface area (Å²) in [6.07, 6.45) is 0.750. The highest BCUT2D eigenvalue weighted by atomic mass is 16.3. The van der Waals surface area contributed by atoms with Gasteiger partial charge in [0, 0.05) is 0 Å². The fourth-order valence-electron chi connectivity index (χ4n) is 0.428. The molecule has 0 unspecified atom stereocenters. The van der Waals surface area contributed by atoms with Gasteiger partial charge in [0.15, 0.2) is 0 Å². The molecule has 3 heteroatoms. The summed E-state index contributed by atoms with van der Waals surface area (Å²) in [5.41, 5.74) is 4.39. The molecule has 3 nitrogen and oxygen atoms in total. The summed E-state index contributed by atoms with van der Waals surface area (Å²) in [5, 5.41) is 14.5. The quantitative estimate of drug-likeness (QED) is 0.369. The van der Waals surface area contributed by atoms with Crippen molar-refractivity contribution in [2.45, 2.75) is 0 Å². The Bertz CT molecular complexity index is 174. The fourth-order valence-corrected chi connectivity index (χ4v) is 0.428. The number of aromatic hydroxyl groups is 1. The van der Waals surface area contributed by atoms with Crippen molar-refractivity contribution in [3.05, 3.63) is 30.3 Å². The minimum atomic E-state index is 0.322. The van der Waals surface area contributed by atoms with Gasteiger partial charge in [0.25, 0.3) is 0 Å². The van der Waals surface area contributed by atoms with Crippen molar-refractivity contribution < 1.29 is 5.11 Å². The number of rotatable bonds is 0. The van der Waals surface area contributed by atoms with Crippen molar-refractivity contribution in [3.63, 3.8) is 0 Å². The monoisotopic (exact) mass is 138 g/mol. The zero-order valence-corrected chi connectivity index (χ0v) is 5.49. The van der Waals surface area contributed by atoms with Crippen LogP contribution in [0.5, 0.6) is 5.75 Å². The van der Waals surface area contributed by atoms with Gasteiger partial charge in [-0.1, -0.05) is 18.2 Å². The van der Waals surface area contributed by atoms with E-state index in [1.54, 1.807) is 24.3 Å². The van der Waals surface area contributed by atoms with Gasteiger partial charge in [0.2, 0.25) is 0 Å². The van der Waals surface area contributed by atoms with Gasteiger partial charge in [0.1, 0.15) is 5.75 Å². The maximum Gasteiger partial charge on any atom is 0.115 e. The summed E-state index contributed by atoms with van der Waals surface area (Å²) in [6, 6.07) is 8.71. The molecule has 4 N–H and O–H groups in total. The number of nitrogens with one attached hydrogen (secondary N) is 1. The van der Waals surface area contributed by atoms with E-state index in [0.717, 1.165) is 6.34 Å². The van der Waals surface area contributed by atoms with Gasteiger partial charge in [-0.25, -0.2) is 0 Å². The average molecular weight is 138 g/mol. The molecular formula is C7H10N2O. The molecule has 0 saturated heterocycles. The molecule has 0 aliphatic carbocycles. The van der Waals surface area contributed by atoms with Crippen LogP contribution in [0, 0.1) is 5.41 Å². The van der Waals surface area contributed by atoms with Crippen LogP contribution in [0.1, 0.15) is 0 Å². The molecule has 0 amide bonds. The van der Waals surface area contributed by atoms with Crippen molar-refractivity contribution in [3.8, 4) is 5.75 Å². The molecule has 0 atom stereocenters. The normalized spacial score (nSPS) is 7.20. The second-order valence-corrected chi connectivity index (χ2v) is 1.50. The van der Waals surface area contributed by atoms with Gasteiger partial charge in [-0.3, -0.25) is 5.41 Å². The number of para-hydroxylation sites is 1. The third-order valence-corrected chi connectivity index (χ3v) is 0.756. The number of phenolic OH excluding ortho intramolecular Hbond substituents is 1. The number of hydrogen-bond donors (Lipinski definition) is 3. The van der Waals surface area contributed by atoms with Crippen LogP contribution in [0.25, 0.3) is 0 Å². The van der Waals surface area contributed by atoms with E-state index >= 15 is 0 Å². The largest absolute Gasteiger partial charge is 0.508 e. The molecule has 0 spiro atoms. The van der Waals surface area contributed by atoms with Crippen molar-refractivity contribution in [2.24, 2.45) is 5.73 Å². The summed E-state index contributed by atoms with van der Waals surface area (Å²) < 4.78 is 0. The van der Waals surface area contributed by atoms with Crippen LogP contribution in [0.4, 0.5) is 0 Å². The molecule has 10 heavy (non-hydrogen) atoms. The molecule has 1 rings (SSSR count). The van der Waals surface area contributed by atoms with Crippen LogP contribution in [0.3, 0.4) is 0 Å². The van der Waals surface area contributed by atoms with E-state index in [2.05, 4.69) is 5.73 Å². The second-order valence-electron chi connectivity index (χ2n) is 1.50. The van der Waals surface area contributed by atoms with E-state index in [4.69, 9.17) is 10.5 Å². The Hall–Kier alpha value is -1.51. The minimum Gasteiger partial charge on any atom is -0.508 e. The first-order valence-electron chi connectivity index (χ1n) is 2.76. The first-order valence-corrected chi connectivity index (χ1v) is 2.76. The van der Waals surface area contributed by atoms with Gasteiger partial charge in [0.05, 0.1) is 6.34 Å². The molecule has 0 bridgehead atoms. The molecule has 0 aromatic heterocycles. The number of benzene rings is 1. The molecule has 1 aromatic rings. The summed E-state index contributed by atoms with van der Waals surface area (Å²) in [4.78, 5) is 0.